The maximum absolute atomic E-state index is 12.6. The van der Waals surface area contributed by atoms with E-state index in [0.717, 1.165) is 25.8 Å². The Kier molecular flexibility index (Phi) is 5.97. The molecule has 4 nitrogen and oxygen atoms in total. The Bertz CT molecular complexity index is 449. The molecule has 4 atom stereocenters. The van der Waals surface area contributed by atoms with Crippen molar-refractivity contribution in [1.29, 1.82) is 0 Å². The van der Waals surface area contributed by atoms with Crippen molar-refractivity contribution in [3.63, 3.8) is 0 Å². The first-order valence-corrected chi connectivity index (χ1v) is 9.03. The maximum Gasteiger partial charge on any atom is 0.410 e. The lowest BCUT2D eigenvalue weighted by atomic mass is 9.86. The number of nitrogens with zero attached hydrogens (tertiary/aromatic N) is 1. The van der Waals surface area contributed by atoms with Gasteiger partial charge in [0.05, 0.1) is 6.04 Å². The highest BCUT2D eigenvalue weighted by Crippen LogP contribution is 2.36. The van der Waals surface area contributed by atoms with Gasteiger partial charge in [-0.25, -0.2) is 4.79 Å². The summed E-state index contributed by atoms with van der Waals surface area (Å²) in [6, 6.07) is 0.775. The number of hydrogen-bond donors (Lipinski definition) is 1. The van der Waals surface area contributed by atoms with E-state index in [0.29, 0.717) is 12.0 Å². The minimum absolute atomic E-state index is 0.0826. The molecule has 1 aliphatic carbocycles. The molecule has 1 heterocycles. The molecule has 1 saturated carbocycles. The molecule has 2 rings (SSSR count). The van der Waals surface area contributed by atoms with Crippen LogP contribution < -0.4 is 5.32 Å². The molecule has 1 amide bonds. The third-order valence-corrected chi connectivity index (χ3v) is 4.95. The van der Waals surface area contributed by atoms with Crippen molar-refractivity contribution in [2.45, 2.75) is 89.9 Å². The van der Waals surface area contributed by atoms with E-state index in [2.05, 4.69) is 11.2 Å². The Hall–Kier alpha value is -1.21. The minimum Gasteiger partial charge on any atom is -0.444 e. The monoisotopic (exact) mass is 320 g/mol. The van der Waals surface area contributed by atoms with Crippen LogP contribution in [0.1, 0.15) is 66.2 Å². The molecule has 2 aliphatic rings. The van der Waals surface area contributed by atoms with Gasteiger partial charge in [0.15, 0.2) is 0 Å². The van der Waals surface area contributed by atoms with E-state index in [1.54, 1.807) is 0 Å². The van der Waals surface area contributed by atoms with Gasteiger partial charge in [-0.15, -0.1) is 6.42 Å². The van der Waals surface area contributed by atoms with Gasteiger partial charge in [0.2, 0.25) is 0 Å². The number of carbonyl (C=O) groups is 1. The van der Waals surface area contributed by atoms with E-state index in [-0.39, 0.29) is 18.2 Å². The number of terminal acetylenes is 1. The van der Waals surface area contributed by atoms with Gasteiger partial charge >= 0.3 is 6.09 Å². The normalized spacial score (nSPS) is 29.9. The number of amides is 1. The number of rotatable bonds is 3. The van der Waals surface area contributed by atoms with Gasteiger partial charge in [0, 0.05) is 18.6 Å². The summed E-state index contributed by atoms with van der Waals surface area (Å²) in [5.74, 6) is 3.25. The number of hydrogen-bond acceptors (Lipinski definition) is 3. The molecule has 0 aromatic heterocycles. The molecule has 130 valence electrons. The van der Waals surface area contributed by atoms with E-state index >= 15 is 0 Å². The molecule has 4 unspecified atom stereocenters. The summed E-state index contributed by atoms with van der Waals surface area (Å²) >= 11 is 0. The lowest BCUT2D eigenvalue weighted by molar-refractivity contribution is -0.000174. The highest BCUT2D eigenvalue weighted by molar-refractivity contribution is 5.68. The van der Waals surface area contributed by atoms with E-state index in [9.17, 15) is 4.79 Å². The fourth-order valence-electron chi connectivity index (χ4n) is 3.98. The second-order valence-corrected chi connectivity index (χ2v) is 7.99. The van der Waals surface area contributed by atoms with E-state index in [1.165, 1.54) is 19.3 Å². The number of piperidine rings is 1. The molecule has 0 bridgehead atoms. The first-order chi connectivity index (χ1) is 10.8. The Morgan fingerprint density at radius 3 is 2.65 bits per heavy atom. The van der Waals surface area contributed by atoms with Crippen LogP contribution in [0.3, 0.4) is 0 Å². The van der Waals surface area contributed by atoms with Gasteiger partial charge in [-0.1, -0.05) is 12.3 Å². The molecule has 4 heteroatoms. The molecule has 0 aromatic carbocycles. The van der Waals surface area contributed by atoms with Gasteiger partial charge in [0.25, 0.3) is 0 Å². The van der Waals surface area contributed by atoms with Crippen molar-refractivity contribution in [2.75, 3.05) is 6.54 Å². The first kappa shape index (κ1) is 18.1. The van der Waals surface area contributed by atoms with Crippen molar-refractivity contribution in [3.05, 3.63) is 0 Å². The van der Waals surface area contributed by atoms with Gasteiger partial charge in [0.1, 0.15) is 5.60 Å². The summed E-state index contributed by atoms with van der Waals surface area (Å²) in [6.07, 6.45) is 12.2. The number of ether oxygens (including phenoxy) is 1. The number of nitrogens with one attached hydrogen (secondary N) is 1. The molecule has 1 saturated heterocycles. The van der Waals surface area contributed by atoms with Crippen LogP contribution in [-0.4, -0.2) is 41.3 Å². The van der Waals surface area contributed by atoms with Crippen LogP contribution in [0, 0.1) is 18.3 Å². The Balaban J connectivity index is 2.08. The average Bonchev–Trinajstić information content (AvgIpc) is 2.93. The van der Waals surface area contributed by atoms with Crippen LogP contribution in [0.15, 0.2) is 0 Å². The van der Waals surface area contributed by atoms with Crippen molar-refractivity contribution in [3.8, 4) is 12.3 Å². The summed E-state index contributed by atoms with van der Waals surface area (Å²) in [6.45, 7) is 8.63. The van der Waals surface area contributed by atoms with Gasteiger partial charge in [-0.2, -0.15) is 0 Å². The van der Waals surface area contributed by atoms with Crippen LogP contribution in [0.25, 0.3) is 0 Å². The topological polar surface area (TPSA) is 41.6 Å². The summed E-state index contributed by atoms with van der Waals surface area (Å²) in [7, 11) is 0. The molecular formula is C19H32N2O2. The molecule has 0 radical (unpaired) electrons. The summed E-state index contributed by atoms with van der Waals surface area (Å²) < 4.78 is 5.64. The number of carbonyl (C=O) groups excluding carboxylic acids is 1. The summed E-state index contributed by atoms with van der Waals surface area (Å²) in [5, 5.41) is 3.57. The Morgan fingerprint density at radius 1 is 1.26 bits per heavy atom. The quantitative estimate of drug-likeness (QED) is 0.809. The SMILES string of the molecule is C#CC(C)NC1CCCC1C1CCCCN1C(=O)OC(C)(C)C. The van der Waals surface area contributed by atoms with Crippen LogP contribution >= 0.6 is 0 Å². The highest BCUT2D eigenvalue weighted by Gasteiger charge is 2.40. The third-order valence-electron chi connectivity index (χ3n) is 4.95. The first-order valence-electron chi connectivity index (χ1n) is 9.03. The molecule has 2 fully saturated rings. The smallest absolute Gasteiger partial charge is 0.410 e. The van der Waals surface area contributed by atoms with Gasteiger partial charge < -0.3 is 15.0 Å². The lowest BCUT2D eigenvalue weighted by Gasteiger charge is -2.42. The Morgan fingerprint density at radius 2 is 2.00 bits per heavy atom. The van der Waals surface area contributed by atoms with Crippen LogP contribution in [-0.2, 0) is 4.74 Å². The lowest BCUT2D eigenvalue weighted by Crippen LogP contribution is -2.53. The van der Waals surface area contributed by atoms with Crippen LogP contribution in [0.5, 0.6) is 0 Å². The van der Waals surface area contributed by atoms with E-state index < -0.39 is 5.60 Å². The van der Waals surface area contributed by atoms with Crippen molar-refractivity contribution in [1.82, 2.24) is 10.2 Å². The zero-order valence-electron chi connectivity index (χ0n) is 15.1. The average molecular weight is 320 g/mol. The molecule has 0 aromatic rings. The fourth-order valence-corrected chi connectivity index (χ4v) is 3.98. The van der Waals surface area contributed by atoms with Crippen molar-refractivity contribution >= 4 is 6.09 Å². The predicted octanol–water partition coefficient (Wildman–Crippen LogP) is 3.56. The summed E-state index contributed by atoms with van der Waals surface area (Å²) in [4.78, 5) is 14.6. The number of likely N-dealkylation sites (tertiary alicyclic amines) is 1. The van der Waals surface area contributed by atoms with Crippen LogP contribution in [0.2, 0.25) is 0 Å². The maximum atomic E-state index is 12.6. The van der Waals surface area contributed by atoms with Crippen molar-refractivity contribution in [2.24, 2.45) is 5.92 Å². The van der Waals surface area contributed by atoms with Gasteiger partial charge in [-0.05, 0) is 65.7 Å². The second-order valence-electron chi connectivity index (χ2n) is 7.99. The third kappa shape index (κ3) is 4.88. The van der Waals surface area contributed by atoms with Crippen LogP contribution in [0.4, 0.5) is 4.79 Å². The largest absolute Gasteiger partial charge is 0.444 e. The molecule has 23 heavy (non-hydrogen) atoms. The molecule has 0 spiro atoms. The van der Waals surface area contributed by atoms with E-state index in [1.807, 2.05) is 32.6 Å². The molecule has 1 N–H and O–H groups in total. The zero-order chi connectivity index (χ0) is 17.0. The summed E-state index contributed by atoms with van der Waals surface area (Å²) in [5.41, 5.74) is -0.440. The highest BCUT2D eigenvalue weighted by atomic mass is 16.6. The fraction of sp³-hybridized carbons (Fsp3) is 0.842. The molecular weight excluding hydrogens is 288 g/mol. The predicted molar refractivity (Wildman–Crippen MR) is 93.1 cm³/mol. The molecule has 1 aliphatic heterocycles. The second kappa shape index (κ2) is 7.57. The van der Waals surface area contributed by atoms with E-state index in [4.69, 9.17) is 11.2 Å². The zero-order valence-corrected chi connectivity index (χ0v) is 15.1. The standard InChI is InChI=1S/C19H32N2O2/c1-6-14(2)20-16-11-9-10-15(16)17-12-7-8-13-21(17)18(22)23-19(3,4)5/h1,14-17,20H,7-13H2,2-5H3. The minimum atomic E-state index is -0.440. The Labute approximate surface area is 141 Å². The van der Waals surface area contributed by atoms with Gasteiger partial charge in [-0.3, -0.25) is 0 Å². The van der Waals surface area contributed by atoms with Crippen molar-refractivity contribution < 1.29 is 9.53 Å².